The average Bonchev–Trinajstić information content (AvgIpc) is 2.99. The Kier molecular flexibility index (Phi) is 3.96. The van der Waals surface area contributed by atoms with Gasteiger partial charge < -0.3 is 10.4 Å². The van der Waals surface area contributed by atoms with Gasteiger partial charge in [-0.25, -0.2) is 4.98 Å². The highest BCUT2D eigenvalue weighted by Crippen LogP contribution is 2.20. The van der Waals surface area contributed by atoms with Gasteiger partial charge in [0.1, 0.15) is 5.65 Å². The summed E-state index contributed by atoms with van der Waals surface area (Å²) in [5, 5.41) is 28.0. The number of fused-ring (bicyclic) bond motifs is 1. The van der Waals surface area contributed by atoms with E-state index in [0.29, 0.717) is 5.56 Å². The first-order valence-corrected chi connectivity index (χ1v) is 7.03. The number of aliphatic hydroxyl groups excluding tert-OH is 1. The third kappa shape index (κ3) is 2.82. The molecule has 1 unspecified atom stereocenters. The molecular formula is C14H14N6O4. The molecule has 10 nitrogen and oxygen atoms in total. The Balaban J connectivity index is 1.95. The first kappa shape index (κ1) is 15.6. The summed E-state index contributed by atoms with van der Waals surface area (Å²) in [7, 11) is 1.71. The molecule has 0 fully saturated rings. The quantitative estimate of drug-likeness (QED) is 0.514. The van der Waals surface area contributed by atoms with Crippen molar-refractivity contribution in [3.8, 4) is 0 Å². The van der Waals surface area contributed by atoms with Crippen LogP contribution in [0.2, 0.25) is 0 Å². The molecule has 0 saturated carbocycles. The second-order valence-electron chi connectivity index (χ2n) is 5.14. The zero-order valence-corrected chi connectivity index (χ0v) is 12.7. The molecule has 1 atom stereocenters. The zero-order chi connectivity index (χ0) is 17.3. The maximum atomic E-state index is 12.3. The SMILES string of the molecule is Cn1cc(C(O)CNc2nc3ccccn3c(=O)c2[N+](=O)[O-])cn1. The number of pyridine rings is 1. The molecular weight excluding hydrogens is 316 g/mol. The lowest BCUT2D eigenvalue weighted by Crippen LogP contribution is -2.22. The molecule has 124 valence electrons. The Morgan fingerprint density at radius 1 is 1.46 bits per heavy atom. The van der Waals surface area contributed by atoms with Gasteiger partial charge in [-0.15, -0.1) is 0 Å². The zero-order valence-electron chi connectivity index (χ0n) is 12.7. The standard InChI is InChI=1S/C14H14N6O4/c1-18-8-9(6-16-18)10(21)7-15-13-12(20(23)24)14(22)19-5-3-2-4-11(19)17-13/h2-6,8,10,15,21H,7H2,1H3. The van der Waals surface area contributed by atoms with E-state index < -0.39 is 22.3 Å². The monoisotopic (exact) mass is 330 g/mol. The summed E-state index contributed by atoms with van der Waals surface area (Å²) in [6.45, 7) is -0.0536. The number of aromatic nitrogens is 4. The van der Waals surface area contributed by atoms with Gasteiger partial charge in [0.25, 0.3) is 0 Å². The highest BCUT2D eigenvalue weighted by Gasteiger charge is 2.24. The van der Waals surface area contributed by atoms with Crippen LogP contribution in [0.5, 0.6) is 0 Å². The number of hydrogen-bond acceptors (Lipinski definition) is 7. The lowest BCUT2D eigenvalue weighted by atomic mass is 10.2. The first-order valence-electron chi connectivity index (χ1n) is 7.03. The molecule has 2 N–H and O–H groups in total. The number of rotatable bonds is 5. The van der Waals surface area contributed by atoms with Crippen molar-refractivity contribution < 1.29 is 10.0 Å². The van der Waals surface area contributed by atoms with Crippen LogP contribution in [0.4, 0.5) is 11.5 Å². The van der Waals surface area contributed by atoms with Gasteiger partial charge in [0.05, 0.1) is 17.2 Å². The number of anilines is 1. The molecule has 3 aromatic heterocycles. The molecule has 10 heteroatoms. The Morgan fingerprint density at radius 2 is 2.25 bits per heavy atom. The molecule has 3 heterocycles. The summed E-state index contributed by atoms with van der Waals surface area (Å²) in [5.41, 5.74) is -0.641. The highest BCUT2D eigenvalue weighted by molar-refractivity contribution is 5.59. The largest absolute Gasteiger partial charge is 0.386 e. The average molecular weight is 330 g/mol. The summed E-state index contributed by atoms with van der Waals surface area (Å²) >= 11 is 0. The van der Waals surface area contributed by atoms with Crippen molar-refractivity contribution in [2.75, 3.05) is 11.9 Å². The molecule has 3 aromatic rings. The number of nitro groups is 1. The Hall–Kier alpha value is -3.27. The van der Waals surface area contributed by atoms with Crippen LogP contribution in [-0.2, 0) is 7.05 Å². The third-order valence-electron chi connectivity index (χ3n) is 3.47. The summed E-state index contributed by atoms with van der Waals surface area (Å²) < 4.78 is 2.63. The first-order chi connectivity index (χ1) is 11.5. The van der Waals surface area contributed by atoms with Gasteiger partial charge >= 0.3 is 11.2 Å². The predicted molar refractivity (Wildman–Crippen MR) is 84.8 cm³/mol. The van der Waals surface area contributed by atoms with Crippen LogP contribution in [0.1, 0.15) is 11.7 Å². The Morgan fingerprint density at radius 3 is 2.92 bits per heavy atom. The van der Waals surface area contributed by atoms with Crippen molar-refractivity contribution in [1.82, 2.24) is 19.2 Å². The van der Waals surface area contributed by atoms with Gasteiger partial charge in [0.15, 0.2) is 0 Å². The van der Waals surface area contributed by atoms with Crippen LogP contribution in [0.15, 0.2) is 41.6 Å². The molecule has 3 rings (SSSR count). The van der Waals surface area contributed by atoms with Gasteiger partial charge in [-0.2, -0.15) is 5.10 Å². The van der Waals surface area contributed by atoms with Crippen molar-refractivity contribution in [3.63, 3.8) is 0 Å². The topological polar surface area (TPSA) is 128 Å². The highest BCUT2D eigenvalue weighted by atomic mass is 16.6. The molecule has 0 radical (unpaired) electrons. The fourth-order valence-corrected chi connectivity index (χ4v) is 2.29. The number of nitrogens with zero attached hydrogens (tertiary/aromatic N) is 5. The van der Waals surface area contributed by atoms with Gasteiger partial charge in [-0.1, -0.05) is 6.07 Å². The van der Waals surface area contributed by atoms with E-state index in [-0.39, 0.29) is 18.0 Å². The van der Waals surface area contributed by atoms with Crippen LogP contribution in [0, 0.1) is 10.1 Å². The summed E-state index contributed by atoms with van der Waals surface area (Å²) in [6.07, 6.45) is 3.58. The van der Waals surface area contributed by atoms with Crippen molar-refractivity contribution in [2.45, 2.75) is 6.10 Å². The molecule has 0 aromatic carbocycles. The molecule has 0 bridgehead atoms. The molecule has 0 aliphatic carbocycles. The Bertz CT molecular complexity index is 963. The van der Waals surface area contributed by atoms with Crippen LogP contribution in [-0.4, -0.2) is 35.7 Å². The second-order valence-corrected chi connectivity index (χ2v) is 5.14. The van der Waals surface area contributed by atoms with E-state index in [1.807, 2.05) is 0 Å². The van der Waals surface area contributed by atoms with E-state index in [1.54, 1.807) is 31.4 Å². The lowest BCUT2D eigenvalue weighted by molar-refractivity contribution is -0.385. The fraction of sp³-hybridized carbons (Fsp3) is 0.214. The number of aliphatic hydroxyl groups is 1. The summed E-state index contributed by atoms with van der Waals surface area (Å²) in [5.74, 6) is -0.181. The minimum absolute atomic E-state index is 0.0536. The lowest BCUT2D eigenvalue weighted by Gasteiger charge is -2.11. The fourth-order valence-electron chi connectivity index (χ4n) is 2.29. The van der Waals surface area contributed by atoms with E-state index in [9.17, 15) is 20.0 Å². The van der Waals surface area contributed by atoms with Crippen LogP contribution >= 0.6 is 0 Å². The maximum Gasteiger partial charge on any atom is 0.376 e. The van der Waals surface area contributed by atoms with E-state index in [1.165, 1.54) is 17.1 Å². The minimum atomic E-state index is -0.950. The van der Waals surface area contributed by atoms with Crippen LogP contribution in [0.3, 0.4) is 0 Å². The smallest absolute Gasteiger partial charge is 0.376 e. The van der Waals surface area contributed by atoms with Crippen molar-refractivity contribution in [2.24, 2.45) is 7.05 Å². The minimum Gasteiger partial charge on any atom is -0.386 e. The molecule has 0 aliphatic rings. The Labute approximate surface area is 135 Å². The number of hydrogen-bond donors (Lipinski definition) is 2. The van der Waals surface area contributed by atoms with Crippen LogP contribution in [0.25, 0.3) is 5.65 Å². The normalized spacial score (nSPS) is 12.2. The number of aryl methyl sites for hydroxylation is 1. The van der Waals surface area contributed by atoms with Crippen LogP contribution < -0.4 is 10.9 Å². The summed E-state index contributed by atoms with van der Waals surface area (Å²) in [4.78, 5) is 26.8. The van der Waals surface area contributed by atoms with Gasteiger partial charge in [0.2, 0.25) is 5.82 Å². The molecule has 0 amide bonds. The van der Waals surface area contributed by atoms with Gasteiger partial charge in [0, 0.05) is 31.5 Å². The van der Waals surface area contributed by atoms with E-state index in [4.69, 9.17) is 0 Å². The van der Waals surface area contributed by atoms with E-state index in [0.717, 1.165) is 4.40 Å². The molecule has 0 saturated heterocycles. The second kappa shape index (κ2) is 6.08. The van der Waals surface area contributed by atoms with E-state index >= 15 is 0 Å². The van der Waals surface area contributed by atoms with Gasteiger partial charge in [-0.3, -0.25) is 24.0 Å². The summed E-state index contributed by atoms with van der Waals surface area (Å²) in [6, 6.07) is 4.81. The molecule has 0 spiro atoms. The maximum absolute atomic E-state index is 12.3. The predicted octanol–water partition coefficient (Wildman–Crippen LogP) is 0.482. The third-order valence-corrected chi connectivity index (χ3v) is 3.47. The van der Waals surface area contributed by atoms with Crippen molar-refractivity contribution in [1.29, 1.82) is 0 Å². The van der Waals surface area contributed by atoms with Crippen molar-refractivity contribution >= 4 is 17.2 Å². The molecule has 24 heavy (non-hydrogen) atoms. The van der Waals surface area contributed by atoms with E-state index in [2.05, 4.69) is 15.4 Å². The van der Waals surface area contributed by atoms with Gasteiger partial charge in [-0.05, 0) is 12.1 Å². The van der Waals surface area contributed by atoms with Crippen molar-refractivity contribution in [3.05, 3.63) is 62.8 Å². The molecule has 0 aliphatic heterocycles. The number of nitrogens with one attached hydrogen (secondary N) is 1.